The fraction of sp³-hybridized carbons (Fsp3) is 0.200. The predicted molar refractivity (Wildman–Crippen MR) is 54.0 cm³/mol. The molecule has 2 aromatic heterocycles. The monoisotopic (exact) mass is 188 g/mol. The Hall–Kier alpha value is -1.68. The van der Waals surface area contributed by atoms with E-state index >= 15 is 0 Å². The van der Waals surface area contributed by atoms with Gasteiger partial charge in [-0.05, 0) is 25.1 Å². The lowest BCUT2D eigenvalue weighted by molar-refractivity contribution is 0.789. The largest absolute Gasteiger partial charge is 0.325 e. The van der Waals surface area contributed by atoms with Crippen LogP contribution in [0, 0.1) is 6.92 Å². The van der Waals surface area contributed by atoms with Crippen LogP contribution in [0.2, 0.25) is 0 Å². The van der Waals surface area contributed by atoms with Crippen LogP contribution in [0.4, 0.5) is 0 Å². The lowest BCUT2D eigenvalue weighted by Crippen LogP contribution is -2.03. The Morgan fingerprint density at radius 2 is 2.29 bits per heavy atom. The number of nitrogens with two attached hydrogens (primary N) is 1. The van der Waals surface area contributed by atoms with Crippen molar-refractivity contribution in [3.63, 3.8) is 0 Å². The smallest absolute Gasteiger partial charge is 0.153 e. The molecule has 0 fully saturated rings. The number of aryl methyl sites for hydroxylation is 1. The number of hydrogen-bond acceptors (Lipinski definition) is 3. The molecule has 0 aromatic carbocycles. The Morgan fingerprint density at radius 1 is 1.43 bits per heavy atom. The molecule has 0 aliphatic heterocycles. The molecule has 0 amide bonds. The highest BCUT2D eigenvalue weighted by Crippen LogP contribution is 2.08. The molecule has 0 spiro atoms. The number of rotatable bonds is 2. The lowest BCUT2D eigenvalue weighted by atomic mass is 10.4. The minimum atomic E-state index is 0.459. The summed E-state index contributed by atoms with van der Waals surface area (Å²) in [5.41, 5.74) is 7.44. The second-order valence-corrected chi connectivity index (χ2v) is 3.08. The van der Waals surface area contributed by atoms with Gasteiger partial charge in [0.05, 0.1) is 5.69 Å². The van der Waals surface area contributed by atoms with Gasteiger partial charge >= 0.3 is 0 Å². The molecule has 4 heteroatoms. The molecular formula is C10H12N4. The lowest BCUT2D eigenvalue weighted by Gasteiger charge is -2.01. The quantitative estimate of drug-likeness (QED) is 0.766. The van der Waals surface area contributed by atoms with Crippen molar-refractivity contribution in [1.82, 2.24) is 14.8 Å². The first-order valence-electron chi connectivity index (χ1n) is 4.48. The molecule has 14 heavy (non-hydrogen) atoms. The second-order valence-electron chi connectivity index (χ2n) is 3.08. The van der Waals surface area contributed by atoms with Gasteiger partial charge in [0, 0.05) is 18.4 Å². The Kier molecular flexibility index (Phi) is 2.28. The molecule has 2 heterocycles. The molecule has 2 N–H and O–H groups in total. The normalized spacial score (nSPS) is 10.4. The molecule has 0 aliphatic carbocycles. The third-order valence-corrected chi connectivity index (χ3v) is 2.01. The van der Waals surface area contributed by atoms with Gasteiger partial charge in [-0.15, -0.1) is 0 Å². The van der Waals surface area contributed by atoms with Crippen LogP contribution in [0.3, 0.4) is 0 Å². The van der Waals surface area contributed by atoms with Crippen molar-refractivity contribution in [1.29, 1.82) is 0 Å². The summed E-state index contributed by atoms with van der Waals surface area (Å²) in [4.78, 5) is 4.22. The van der Waals surface area contributed by atoms with Crippen molar-refractivity contribution in [2.45, 2.75) is 13.5 Å². The minimum absolute atomic E-state index is 0.459. The summed E-state index contributed by atoms with van der Waals surface area (Å²) in [7, 11) is 0. The van der Waals surface area contributed by atoms with E-state index in [9.17, 15) is 0 Å². The standard InChI is InChI=1S/C10H12N4/c1-8-6-9(7-11)13-14(8)10-4-2-3-5-12-10/h2-6H,7,11H2,1H3. The van der Waals surface area contributed by atoms with E-state index in [1.165, 1.54) is 0 Å². The minimum Gasteiger partial charge on any atom is -0.325 e. The third-order valence-electron chi connectivity index (χ3n) is 2.01. The maximum Gasteiger partial charge on any atom is 0.153 e. The van der Waals surface area contributed by atoms with E-state index in [4.69, 9.17) is 5.73 Å². The van der Waals surface area contributed by atoms with E-state index in [-0.39, 0.29) is 0 Å². The highest BCUT2D eigenvalue weighted by Gasteiger charge is 2.04. The van der Waals surface area contributed by atoms with Gasteiger partial charge in [0.25, 0.3) is 0 Å². The van der Waals surface area contributed by atoms with Gasteiger partial charge in [-0.3, -0.25) is 0 Å². The van der Waals surface area contributed by atoms with E-state index in [1.54, 1.807) is 10.9 Å². The molecule has 0 radical (unpaired) electrons. The van der Waals surface area contributed by atoms with Gasteiger partial charge in [-0.1, -0.05) is 6.07 Å². The molecule has 0 bridgehead atoms. The van der Waals surface area contributed by atoms with Crippen molar-refractivity contribution in [2.75, 3.05) is 0 Å². The maximum atomic E-state index is 5.51. The molecule has 4 nitrogen and oxygen atoms in total. The zero-order valence-corrected chi connectivity index (χ0v) is 8.01. The summed E-state index contributed by atoms with van der Waals surface area (Å²) < 4.78 is 1.79. The van der Waals surface area contributed by atoms with Crippen LogP contribution in [-0.4, -0.2) is 14.8 Å². The first-order valence-corrected chi connectivity index (χ1v) is 4.48. The molecule has 0 atom stereocenters. The Morgan fingerprint density at radius 3 is 2.86 bits per heavy atom. The summed E-state index contributed by atoms with van der Waals surface area (Å²) >= 11 is 0. The first-order chi connectivity index (χ1) is 6.81. The van der Waals surface area contributed by atoms with Crippen LogP contribution < -0.4 is 5.73 Å². The highest BCUT2D eigenvalue weighted by molar-refractivity contribution is 5.25. The number of pyridine rings is 1. The number of aromatic nitrogens is 3. The van der Waals surface area contributed by atoms with E-state index in [2.05, 4.69) is 10.1 Å². The summed E-state index contributed by atoms with van der Waals surface area (Å²) in [5.74, 6) is 0.824. The predicted octanol–water partition coefficient (Wildman–Crippen LogP) is 1.03. The fourth-order valence-electron chi connectivity index (χ4n) is 1.35. The third kappa shape index (κ3) is 1.52. The van der Waals surface area contributed by atoms with Crippen LogP contribution in [0.1, 0.15) is 11.4 Å². The summed E-state index contributed by atoms with van der Waals surface area (Å²) in [6.07, 6.45) is 1.75. The van der Waals surface area contributed by atoms with E-state index < -0.39 is 0 Å². The average molecular weight is 188 g/mol. The number of hydrogen-bond donors (Lipinski definition) is 1. The van der Waals surface area contributed by atoms with Crippen LogP contribution in [0.15, 0.2) is 30.5 Å². The van der Waals surface area contributed by atoms with Crippen molar-refractivity contribution in [3.8, 4) is 5.82 Å². The van der Waals surface area contributed by atoms with Crippen LogP contribution in [0.25, 0.3) is 5.82 Å². The van der Waals surface area contributed by atoms with Gasteiger partial charge in [0.2, 0.25) is 0 Å². The van der Waals surface area contributed by atoms with Gasteiger partial charge in [0.15, 0.2) is 5.82 Å². The van der Waals surface area contributed by atoms with Gasteiger partial charge < -0.3 is 5.73 Å². The van der Waals surface area contributed by atoms with Crippen molar-refractivity contribution < 1.29 is 0 Å². The van der Waals surface area contributed by atoms with Gasteiger partial charge in [0.1, 0.15) is 0 Å². The van der Waals surface area contributed by atoms with Gasteiger partial charge in [-0.2, -0.15) is 5.10 Å². The second kappa shape index (κ2) is 3.59. The topological polar surface area (TPSA) is 56.7 Å². The number of nitrogens with zero attached hydrogens (tertiary/aromatic N) is 3. The molecule has 0 saturated heterocycles. The zero-order chi connectivity index (χ0) is 9.97. The summed E-state index contributed by atoms with van der Waals surface area (Å²) in [6, 6.07) is 7.70. The molecule has 2 rings (SSSR count). The molecule has 72 valence electrons. The van der Waals surface area contributed by atoms with E-state index in [0.29, 0.717) is 6.54 Å². The Balaban J connectivity index is 2.46. The molecule has 0 aliphatic rings. The maximum absolute atomic E-state index is 5.51. The van der Waals surface area contributed by atoms with Gasteiger partial charge in [-0.25, -0.2) is 9.67 Å². The zero-order valence-electron chi connectivity index (χ0n) is 8.01. The highest BCUT2D eigenvalue weighted by atomic mass is 15.3. The van der Waals surface area contributed by atoms with Crippen LogP contribution >= 0.6 is 0 Å². The van der Waals surface area contributed by atoms with Crippen LogP contribution in [0.5, 0.6) is 0 Å². The van der Waals surface area contributed by atoms with Crippen molar-refractivity contribution in [3.05, 3.63) is 41.9 Å². The molecular weight excluding hydrogens is 176 g/mol. The summed E-state index contributed by atoms with van der Waals surface area (Å²) in [5, 5.41) is 4.33. The van der Waals surface area contributed by atoms with Crippen molar-refractivity contribution >= 4 is 0 Å². The molecule has 0 saturated carbocycles. The fourth-order valence-corrected chi connectivity index (χ4v) is 1.35. The SMILES string of the molecule is Cc1cc(CN)nn1-c1ccccn1. The van der Waals surface area contributed by atoms with Crippen LogP contribution in [-0.2, 0) is 6.54 Å². The van der Waals surface area contributed by atoms with Crippen molar-refractivity contribution in [2.24, 2.45) is 5.73 Å². The van der Waals surface area contributed by atoms with E-state index in [1.807, 2.05) is 31.2 Å². The first kappa shape index (κ1) is 8.90. The average Bonchev–Trinajstić information content (AvgIpc) is 2.61. The Labute approximate surface area is 82.4 Å². The molecule has 0 unspecified atom stereocenters. The molecule has 2 aromatic rings. The summed E-state index contributed by atoms with van der Waals surface area (Å²) in [6.45, 7) is 2.45. The Bertz CT molecular complexity index is 419. The van der Waals surface area contributed by atoms with E-state index in [0.717, 1.165) is 17.2 Å².